The fourth-order valence-corrected chi connectivity index (χ4v) is 1.60. The summed E-state index contributed by atoms with van der Waals surface area (Å²) in [6.45, 7) is 3.26. The molecule has 0 aliphatic rings. The maximum absolute atomic E-state index is 11.6. The summed E-state index contributed by atoms with van der Waals surface area (Å²) in [6, 6.07) is 5.79. The van der Waals surface area contributed by atoms with Crippen molar-refractivity contribution in [2.75, 3.05) is 13.1 Å². The van der Waals surface area contributed by atoms with Gasteiger partial charge in [0.25, 0.3) is 0 Å². The number of pyridine rings is 1. The van der Waals surface area contributed by atoms with Crippen LogP contribution in [0.3, 0.4) is 0 Å². The zero-order valence-electron chi connectivity index (χ0n) is 10.4. The minimum atomic E-state index is 0.0817. The molecule has 0 saturated heterocycles. The minimum absolute atomic E-state index is 0.0817. The van der Waals surface area contributed by atoms with Crippen LogP contribution in [-0.4, -0.2) is 24.0 Å². The van der Waals surface area contributed by atoms with Gasteiger partial charge in [-0.05, 0) is 24.6 Å². The van der Waals surface area contributed by atoms with Gasteiger partial charge in [-0.25, -0.2) is 0 Å². The van der Waals surface area contributed by atoms with E-state index in [0.29, 0.717) is 25.4 Å². The van der Waals surface area contributed by atoms with Crippen molar-refractivity contribution >= 4 is 5.91 Å². The zero-order valence-corrected chi connectivity index (χ0v) is 10.4. The molecule has 1 unspecified atom stereocenters. The SMILES string of the molecule is CCC(CN)CC(=O)NCCc1ccccn1. The van der Waals surface area contributed by atoms with Gasteiger partial charge in [0, 0.05) is 31.3 Å². The van der Waals surface area contributed by atoms with Gasteiger partial charge < -0.3 is 11.1 Å². The first-order chi connectivity index (χ1) is 8.26. The van der Waals surface area contributed by atoms with E-state index in [1.54, 1.807) is 6.20 Å². The first-order valence-electron chi connectivity index (χ1n) is 6.13. The molecule has 0 fully saturated rings. The molecular formula is C13H21N3O. The van der Waals surface area contributed by atoms with Gasteiger partial charge in [0.15, 0.2) is 0 Å². The molecule has 1 atom stereocenters. The number of nitrogens with one attached hydrogen (secondary N) is 1. The zero-order chi connectivity index (χ0) is 12.5. The Morgan fingerprint density at radius 2 is 2.35 bits per heavy atom. The molecule has 0 aliphatic heterocycles. The normalized spacial score (nSPS) is 12.1. The molecule has 4 heteroatoms. The van der Waals surface area contributed by atoms with Crippen LogP contribution in [0.15, 0.2) is 24.4 Å². The number of nitrogens with two attached hydrogens (primary N) is 1. The second-order valence-electron chi connectivity index (χ2n) is 4.14. The molecule has 0 aromatic carbocycles. The Balaban J connectivity index is 2.20. The highest BCUT2D eigenvalue weighted by molar-refractivity contribution is 5.76. The fourth-order valence-electron chi connectivity index (χ4n) is 1.60. The molecular weight excluding hydrogens is 214 g/mol. The largest absolute Gasteiger partial charge is 0.356 e. The number of aromatic nitrogens is 1. The van der Waals surface area contributed by atoms with Crippen molar-refractivity contribution in [3.05, 3.63) is 30.1 Å². The minimum Gasteiger partial charge on any atom is -0.356 e. The Morgan fingerprint density at radius 3 is 2.94 bits per heavy atom. The molecule has 1 amide bonds. The van der Waals surface area contributed by atoms with Crippen molar-refractivity contribution in [1.29, 1.82) is 0 Å². The Hall–Kier alpha value is -1.42. The van der Waals surface area contributed by atoms with E-state index in [2.05, 4.69) is 17.2 Å². The van der Waals surface area contributed by atoms with Gasteiger partial charge in [0.1, 0.15) is 0 Å². The molecule has 3 N–H and O–H groups in total. The number of carbonyl (C=O) groups is 1. The van der Waals surface area contributed by atoms with Crippen molar-refractivity contribution in [2.45, 2.75) is 26.2 Å². The highest BCUT2D eigenvalue weighted by Gasteiger charge is 2.09. The molecule has 1 aromatic heterocycles. The van der Waals surface area contributed by atoms with E-state index >= 15 is 0 Å². The van der Waals surface area contributed by atoms with Crippen molar-refractivity contribution < 1.29 is 4.79 Å². The molecule has 0 radical (unpaired) electrons. The van der Waals surface area contributed by atoms with E-state index < -0.39 is 0 Å². The topological polar surface area (TPSA) is 68.0 Å². The number of hydrogen-bond acceptors (Lipinski definition) is 3. The highest BCUT2D eigenvalue weighted by Crippen LogP contribution is 2.05. The standard InChI is InChI=1S/C13H21N3O/c1-2-11(10-14)9-13(17)16-8-6-12-5-3-4-7-15-12/h3-5,7,11H,2,6,8-10,14H2,1H3,(H,16,17). The maximum Gasteiger partial charge on any atom is 0.220 e. The lowest BCUT2D eigenvalue weighted by Gasteiger charge is -2.11. The van der Waals surface area contributed by atoms with Crippen LogP contribution in [0, 0.1) is 5.92 Å². The van der Waals surface area contributed by atoms with Gasteiger partial charge in [-0.2, -0.15) is 0 Å². The van der Waals surface area contributed by atoms with Crippen molar-refractivity contribution in [3.8, 4) is 0 Å². The molecule has 1 rings (SSSR count). The van der Waals surface area contributed by atoms with Gasteiger partial charge >= 0.3 is 0 Å². The summed E-state index contributed by atoms with van der Waals surface area (Å²) >= 11 is 0. The van der Waals surface area contributed by atoms with Crippen molar-refractivity contribution in [1.82, 2.24) is 10.3 Å². The van der Waals surface area contributed by atoms with E-state index in [0.717, 1.165) is 18.5 Å². The molecule has 0 bridgehead atoms. The summed E-state index contributed by atoms with van der Waals surface area (Å²) in [6.07, 6.45) is 4.00. The number of nitrogens with zero attached hydrogens (tertiary/aromatic N) is 1. The second-order valence-corrected chi connectivity index (χ2v) is 4.14. The van der Waals surface area contributed by atoms with Crippen molar-refractivity contribution in [3.63, 3.8) is 0 Å². The molecule has 1 aromatic rings. The van der Waals surface area contributed by atoms with Crippen LogP contribution < -0.4 is 11.1 Å². The summed E-state index contributed by atoms with van der Waals surface area (Å²) in [5.41, 5.74) is 6.56. The van der Waals surface area contributed by atoms with Crippen molar-refractivity contribution in [2.24, 2.45) is 11.7 Å². The summed E-state index contributed by atoms with van der Waals surface area (Å²) < 4.78 is 0. The van der Waals surface area contributed by atoms with E-state index in [9.17, 15) is 4.79 Å². The van der Waals surface area contributed by atoms with E-state index in [1.165, 1.54) is 0 Å². The summed E-state index contributed by atoms with van der Waals surface area (Å²) in [5.74, 6) is 0.378. The first-order valence-corrected chi connectivity index (χ1v) is 6.13. The van der Waals surface area contributed by atoms with Gasteiger partial charge in [0.2, 0.25) is 5.91 Å². The van der Waals surface area contributed by atoms with Gasteiger partial charge in [-0.15, -0.1) is 0 Å². The van der Waals surface area contributed by atoms with Crippen LogP contribution in [-0.2, 0) is 11.2 Å². The lowest BCUT2D eigenvalue weighted by Crippen LogP contribution is -2.29. The Bertz CT molecular complexity index is 323. The number of amides is 1. The summed E-state index contributed by atoms with van der Waals surface area (Å²) in [7, 11) is 0. The van der Waals surface area contributed by atoms with Crippen LogP contribution in [0.2, 0.25) is 0 Å². The quantitative estimate of drug-likeness (QED) is 0.744. The van der Waals surface area contributed by atoms with Gasteiger partial charge in [-0.1, -0.05) is 19.4 Å². The van der Waals surface area contributed by atoms with Gasteiger partial charge in [0.05, 0.1) is 0 Å². The predicted molar refractivity (Wildman–Crippen MR) is 68.4 cm³/mol. The van der Waals surface area contributed by atoms with E-state index in [1.807, 2.05) is 18.2 Å². The number of rotatable bonds is 7. The van der Waals surface area contributed by atoms with Crippen LogP contribution in [0.5, 0.6) is 0 Å². The number of carbonyl (C=O) groups excluding carboxylic acids is 1. The molecule has 17 heavy (non-hydrogen) atoms. The van der Waals surface area contributed by atoms with Crippen LogP contribution in [0.25, 0.3) is 0 Å². The number of hydrogen-bond donors (Lipinski definition) is 2. The Morgan fingerprint density at radius 1 is 1.53 bits per heavy atom. The van der Waals surface area contributed by atoms with Gasteiger partial charge in [-0.3, -0.25) is 9.78 Å². The molecule has 0 saturated carbocycles. The fraction of sp³-hybridized carbons (Fsp3) is 0.538. The average molecular weight is 235 g/mol. The lowest BCUT2D eigenvalue weighted by atomic mass is 10.0. The van der Waals surface area contributed by atoms with Crippen LogP contribution in [0.1, 0.15) is 25.5 Å². The monoisotopic (exact) mass is 235 g/mol. The molecule has 4 nitrogen and oxygen atoms in total. The summed E-state index contributed by atoms with van der Waals surface area (Å²) in [5, 5.41) is 2.90. The van der Waals surface area contributed by atoms with E-state index in [4.69, 9.17) is 5.73 Å². The Labute approximate surface area is 103 Å². The second kappa shape index (κ2) is 7.79. The average Bonchev–Trinajstić information content (AvgIpc) is 2.37. The molecule has 0 aliphatic carbocycles. The smallest absolute Gasteiger partial charge is 0.220 e. The Kier molecular flexibility index (Phi) is 6.25. The van der Waals surface area contributed by atoms with Crippen LogP contribution >= 0.6 is 0 Å². The maximum atomic E-state index is 11.6. The van der Waals surface area contributed by atoms with Crippen LogP contribution in [0.4, 0.5) is 0 Å². The highest BCUT2D eigenvalue weighted by atomic mass is 16.1. The van der Waals surface area contributed by atoms with E-state index in [-0.39, 0.29) is 5.91 Å². The summed E-state index contributed by atoms with van der Waals surface area (Å²) in [4.78, 5) is 15.8. The molecule has 94 valence electrons. The third kappa shape index (κ3) is 5.45. The predicted octanol–water partition coefficient (Wildman–Crippen LogP) is 1.12. The third-order valence-corrected chi connectivity index (χ3v) is 2.81. The molecule has 0 spiro atoms. The lowest BCUT2D eigenvalue weighted by molar-refractivity contribution is -0.121. The first kappa shape index (κ1) is 13.6. The third-order valence-electron chi connectivity index (χ3n) is 2.81. The molecule has 1 heterocycles.